The van der Waals surface area contributed by atoms with Gasteiger partial charge in [0.05, 0.1) is 0 Å². The molecule has 0 rings (SSSR count). The summed E-state index contributed by atoms with van der Waals surface area (Å²) in [6.45, 7) is 3.92. The molecule has 1 unspecified atom stereocenters. The van der Waals surface area contributed by atoms with Gasteiger partial charge in [-0.3, -0.25) is 10.3 Å². The number of nitrogens with zero attached hydrogens (tertiary/aromatic N) is 1. The zero-order valence-electron chi connectivity index (χ0n) is 12.9. The summed E-state index contributed by atoms with van der Waals surface area (Å²) in [5, 5.41) is 16.2. The van der Waals surface area contributed by atoms with Crippen molar-refractivity contribution in [3.05, 3.63) is 0 Å². The number of nitrogens with two attached hydrogens (primary N) is 4. The van der Waals surface area contributed by atoms with E-state index < -0.39 is 6.23 Å². The highest BCUT2D eigenvalue weighted by Gasteiger charge is 2.12. The molecule has 0 bridgehead atoms. The summed E-state index contributed by atoms with van der Waals surface area (Å²) in [4.78, 5) is 3.87. The second-order valence-corrected chi connectivity index (χ2v) is 5.11. The third kappa shape index (κ3) is 13.8. The van der Waals surface area contributed by atoms with E-state index in [-0.39, 0.29) is 12.0 Å². The summed E-state index contributed by atoms with van der Waals surface area (Å²) in [5.74, 6) is 0.0845. The van der Waals surface area contributed by atoms with Crippen molar-refractivity contribution in [2.45, 2.75) is 44.4 Å². The van der Waals surface area contributed by atoms with E-state index in [1.54, 1.807) is 0 Å². The minimum absolute atomic E-state index is 0.0845. The molecule has 0 aliphatic carbocycles. The van der Waals surface area contributed by atoms with Crippen LogP contribution in [0.15, 0.2) is 4.99 Å². The van der Waals surface area contributed by atoms with Gasteiger partial charge in [0, 0.05) is 12.6 Å². The fourth-order valence-corrected chi connectivity index (χ4v) is 1.83. The van der Waals surface area contributed by atoms with Gasteiger partial charge in [-0.05, 0) is 58.3 Å². The Hall–Kier alpha value is -0.930. The minimum Gasteiger partial charge on any atom is -0.377 e. The van der Waals surface area contributed by atoms with Crippen LogP contribution in [-0.2, 0) is 0 Å². The molecule has 0 saturated heterocycles. The van der Waals surface area contributed by atoms with Gasteiger partial charge in [-0.15, -0.1) is 0 Å². The number of hydrogen-bond acceptors (Lipinski definition) is 6. The molecule has 0 fully saturated rings. The second-order valence-electron chi connectivity index (χ2n) is 5.11. The van der Waals surface area contributed by atoms with E-state index in [4.69, 9.17) is 22.9 Å². The van der Waals surface area contributed by atoms with Crippen molar-refractivity contribution in [1.29, 1.82) is 0 Å². The minimum atomic E-state index is -0.693. The Balaban J connectivity index is 3.42. The lowest BCUT2D eigenvalue weighted by molar-refractivity contribution is 0.105. The quantitative estimate of drug-likeness (QED) is 0.0844. The summed E-state index contributed by atoms with van der Waals surface area (Å²) in [6, 6.07) is -0.309. The zero-order valence-corrected chi connectivity index (χ0v) is 12.9. The molecule has 11 N–H and O–H groups in total. The number of unbranched alkanes of at least 4 members (excludes halogenated alkanes) is 1. The van der Waals surface area contributed by atoms with Gasteiger partial charge in [-0.2, -0.15) is 0 Å². The molecule has 0 radical (unpaired) electrons. The third-order valence-corrected chi connectivity index (χ3v) is 3.09. The Morgan fingerprint density at radius 2 is 1.76 bits per heavy atom. The van der Waals surface area contributed by atoms with Gasteiger partial charge >= 0.3 is 0 Å². The van der Waals surface area contributed by atoms with E-state index in [1.165, 1.54) is 0 Å². The molecule has 2 atom stereocenters. The number of aliphatic hydroxyl groups is 1. The van der Waals surface area contributed by atoms with Crippen LogP contribution in [0.5, 0.6) is 0 Å². The number of rotatable bonds is 14. The number of nitrogens with one attached hydrogen (secondary N) is 2. The first kappa shape index (κ1) is 20.1. The van der Waals surface area contributed by atoms with Crippen molar-refractivity contribution in [2.24, 2.45) is 27.9 Å². The summed E-state index contributed by atoms with van der Waals surface area (Å²) >= 11 is 0. The molecule has 0 amide bonds. The molecule has 0 aromatic rings. The van der Waals surface area contributed by atoms with E-state index in [0.717, 1.165) is 51.9 Å². The van der Waals surface area contributed by atoms with Crippen LogP contribution >= 0.6 is 0 Å². The highest BCUT2D eigenvalue weighted by Crippen LogP contribution is 1.98. The summed E-state index contributed by atoms with van der Waals surface area (Å²) in [5.41, 5.74) is 21.7. The van der Waals surface area contributed by atoms with Crippen LogP contribution in [0.3, 0.4) is 0 Å². The van der Waals surface area contributed by atoms with E-state index in [2.05, 4.69) is 15.6 Å². The van der Waals surface area contributed by atoms with Gasteiger partial charge in [-0.1, -0.05) is 0 Å². The number of guanidine groups is 1. The van der Waals surface area contributed by atoms with Crippen molar-refractivity contribution >= 4 is 5.96 Å². The van der Waals surface area contributed by atoms with Crippen LogP contribution in [0.2, 0.25) is 0 Å². The van der Waals surface area contributed by atoms with Crippen molar-refractivity contribution < 1.29 is 5.11 Å². The molecule has 0 spiro atoms. The standard InChI is InChI=1S/C13H33N7O/c14-6-1-2-7-18-8-4-10-19-12(21)11(15)5-3-9-20-13(16)17/h11-12,18-19,21H,1-10,14-15H2,(H4,16,17,20)/t11-,12?/m0/s1. The highest BCUT2D eigenvalue weighted by molar-refractivity contribution is 5.75. The lowest BCUT2D eigenvalue weighted by Crippen LogP contribution is -2.45. The molecular formula is C13H33N7O. The average Bonchev–Trinajstić information content (AvgIpc) is 2.45. The van der Waals surface area contributed by atoms with Crippen LogP contribution in [-0.4, -0.2) is 56.1 Å². The molecule has 0 saturated carbocycles. The van der Waals surface area contributed by atoms with Crippen molar-refractivity contribution in [3.8, 4) is 0 Å². The number of hydrogen-bond donors (Lipinski definition) is 7. The number of aliphatic imine (C=N–C) groups is 1. The van der Waals surface area contributed by atoms with Gasteiger partial charge in [0.15, 0.2) is 5.96 Å². The van der Waals surface area contributed by atoms with Gasteiger partial charge in [0.2, 0.25) is 0 Å². The zero-order chi connectivity index (χ0) is 15.9. The molecule has 0 heterocycles. The second kappa shape index (κ2) is 14.0. The first-order valence-electron chi connectivity index (χ1n) is 7.71. The predicted octanol–water partition coefficient (Wildman–Crippen LogP) is -2.01. The van der Waals surface area contributed by atoms with Crippen molar-refractivity contribution in [2.75, 3.05) is 32.7 Å². The predicted molar refractivity (Wildman–Crippen MR) is 87.7 cm³/mol. The Morgan fingerprint density at radius 1 is 1.05 bits per heavy atom. The lowest BCUT2D eigenvalue weighted by atomic mass is 10.1. The molecule has 8 nitrogen and oxygen atoms in total. The molecule has 0 aromatic carbocycles. The summed E-state index contributed by atoms with van der Waals surface area (Å²) in [6.07, 6.45) is 3.83. The van der Waals surface area contributed by atoms with Crippen LogP contribution in [0.25, 0.3) is 0 Å². The van der Waals surface area contributed by atoms with Crippen molar-refractivity contribution in [1.82, 2.24) is 10.6 Å². The lowest BCUT2D eigenvalue weighted by Gasteiger charge is -2.19. The molecule has 0 aromatic heterocycles. The van der Waals surface area contributed by atoms with Gasteiger partial charge in [-0.25, -0.2) is 0 Å². The fraction of sp³-hybridized carbons (Fsp3) is 0.923. The number of aliphatic hydroxyl groups excluding tert-OH is 1. The summed E-state index contributed by atoms with van der Waals surface area (Å²) in [7, 11) is 0. The molecule has 8 heteroatoms. The van der Waals surface area contributed by atoms with E-state index >= 15 is 0 Å². The first-order chi connectivity index (χ1) is 10.1. The monoisotopic (exact) mass is 303 g/mol. The topological polar surface area (TPSA) is 161 Å². The Morgan fingerprint density at radius 3 is 2.43 bits per heavy atom. The third-order valence-electron chi connectivity index (χ3n) is 3.09. The Bertz CT molecular complexity index is 259. The largest absolute Gasteiger partial charge is 0.377 e. The van der Waals surface area contributed by atoms with Gasteiger partial charge in [0.1, 0.15) is 6.23 Å². The van der Waals surface area contributed by atoms with Crippen LogP contribution in [0, 0.1) is 0 Å². The molecule has 21 heavy (non-hydrogen) atoms. The van der Waals surface area contributed by atoms with E-state index in [0.29, 0.717) is 13.0 Å². The van der Waals surface area contributed by atoms with Crippen molar-refractivity contribution in [3.63, 3.8) is 0 Å². The maximum atomic E-state index is 9.84. The fourth-order valence-electron chi connectivity index (χ4n) is 1.83. The van der Waals surface area contributed by atoms with Crippen LogP contribution in [0.4, 0.5) is 0 Å². The van der Waals surface area contributed by atoms with Gasteiger partial charge < -0.3 is 33.4 Å². The SMILES string of the molecule is NCCCCNCCCNC(O)[C@@H](N)CCCN=C(N)N. The normalized spacial score (nSPS) is 13.9. The highest BCUT2D eigenvalue weighted by atomic mass is 16.3. The molecular weight excluding hydrogens is 270 g/mol. The van der Waals surface area contributed by atoms with Crippen LogP contribution < -0.4 is 33.6 Å². The molecule has 0 aliphatic rings. The maximum Gasteiger partial charge on any atom is 0.185 e. The molecule has 0 aliphatic heterocycles. The maximum absolute atomic E-state index is 9.84. The molecule has 126 valence electrons. The smallest absolute Gasteiger partial charge is 0.185 e. The van der Waals surface area contributed by atoms with Gasteiger partial charge in [0.25, 0.3) is 0 Å². The Kier molecular flexibility index (Phi) is 13.4. The first-order valence-corrected chi connectivity index (χ1v) is 7.71. The van der Waals surface area contributed by atoms with E-state index in [9.17, 15) is 5.11 Å². The van der Waals surface area contributed by atoms with E-state index in [1.807, 2.05) is 0 Å². The summed E-state index contributed by atoms with van der Waals surface area (Å²) < 4.78 is 0. The average molecular weight is 303 g/mol. The van der Waals surface area contributed by atoms with Crippen LogP contribution in [0.1, 0.15) is 32.1 Å². The Labute approximate surface area is 127 Å².